The summed E-state index contributed by atoms with van der Waals surface area (Å²) in [6.07, 6.45) is 1.54. The van der Waals surface area contributed by atoms with Gasteiger partial charge in [0.15, 0.2) is 0 Å². The summed E-state index contributed by atoms with van der Waals surface area (Å²) in [5, 5.41) is 2.89. The molecule has 0 heterocycles. The predicted octanol–water partition coefficient (Wildman–Crippen LogP) is 4.15. The van der Waals surface area contributed by atoms with Crippen LogP contribution in [0.4, 0.5) is 4.39 Å². The Morgan fingerprint density at radius 1 is 0.906 bits per heavy atom. The molecule has 1 N–H and O–H groups in total. The lowest BCUT2D eigenvalue weighted by Crippen LogP contribution is -2.43. The van der Waals surface area contributed by atoms with Crippen LogP contribution in [0.5, 0.6) is 0 Å². The van der Waals surface area contributed by atoms with Gasteiger partial charge in [-0.2, -0.15) is 4.31 Å². The topological polar surface area (TPSA) is 66.5 Å². The van der Waals surface area contributed by atoms with Crippen LogP contribution in [0.1, 0.15) is 24.5 Å². The Bertz CT molecular complexity index is 1100. The molecule has 168 valence electrons. The van der Waals surface area contributed by atoms with E-state index in [0.717, 1.165) is 34.8 Å². The summed E-state index contributed by atoms with van der Waals surface area (Å²) in [6, 6.07) is 23.5. The van der Waals surface area contributed by atoms with Crippen molar-refractivity contribution in [1.29, 1.82) is 0 Å². The highest BCUT2D eigenvalue weighted by molar-refractivity contribution is 7.89. The number of aryl methyl sites for hydroxylation is 1. The lowest BCUT2D eigenvalue weighted by molar-refractivity contribution is -0.122. The highest BCUT2D eigenvalue weighted by Gasteiger charge is 2.27. The Hall–Kier alpha value is -3.03. The molecule has 7 heteroatoms. The number of nitrogens with one attached hydrogen (secondary N) is 1. The van der Waals surface area contributed by atoms with Crippen LogP contribution in [-0.4, -0.2) is 31.2 Å². The molecule has 3 rings (SSSR count). The molecule has 0 aromatic heterocycles. The van der Waals surface area contributed by atoms with Gasteiger partial charge in [0.1, 0.15) is 5.82 Å². The third kappa shape index (κ3) is 6.73. The molecule has 1 atom stereocenters. The number of carbonyl (C=O) groups excluding carboxylic acids is 1. The van der Waals surface area contributed by atoms with Crippen LogP contribution in [0, 0.1) is 5.82 Å². The molecule has 0 saturated carbocycles. The summed E-state index contributed by atoms with van der Waals surface area (Å²) in [4.78, 5) is 12.7. The SMILES string of the molecule is C[C@H](CCc1ccccc1)NC(=O)CN(Cc1ccccc1)S(=O)(=O)c1ccc(F)cc1. The first-order chi connectivity index (χ1) is 15.3. The third-order valence-corrected chi connectivity index (χ3v) is 6.90. The number of halogens is 1. The number of hydrogen-bond donors (Lipinski definition) is 1. The molecule has 0 spiro atoms. The van der Waals surface area contributed by atoms with Gasteiger partial charge in [-0.15, -0.1) is 0 Å². The molecule has 0 aliphatic carbocycles. The molecule has 3 aromatic carbocycles. The van der Waals surface area contributed by atoms with E-state index in [1.807, 2.05) is 55.5 Å². The maximum atomic E-state index is 13.3. The van der Waals surface area contributed by atoms with Crippen molar-refractivity contribution in [3.05, 3.63) is 102 Å². The summed E-state index contributed by atoms with van der Waals surface area (Å²) in [5.74, 6) is -0.907. The number of hydrogen-bond acceptors (Lipinski definition) is 3. The van der Waals surface area contributed by atoms with E-state index in [2.05, 4.69) is 5.32 Å². The van der Waals surface area contributed by atoms with Gasteiger partial charge in [-0.3, -0.25) is 4.79 Å². The van der Waals surface area contributed by atoms with Gasteiger partial charge in [-0.25, -0.2) is 12.8 Å². The Morgan fingerprint density at radius 2 is 1.47 bits per heavy atom. The first kappa shape index (κ1) is 23.6. The lowest BCUT2D eigenvalue weighted by Gasteiger charge is -2.23. The summed E-state index contributed by atoms with van der Waals surface area (Å²) in [6.45, 7) is 1.60. The average molecular weight is 455 g/mol. The third-order valence-electron chi connectivity index (χ3n) is 5.09. The van der Waals surface area contributed by atoms with Gasteiger partial charge in [0.25, 0.3) is 0 Å². The van der Waals surface area contributed by atoms with Crippen LogP contribution >= 0.6 is 0 Å². The highest BCUT2D eigenvalue weighted by Crippen LogP contribution is 2.19. The van der Waals surface area contributed by atoms with Crippen LogP contribution in [0.2, 0.25) is 0 Å². The average Bonchev–Trinajstić information content (AvgIpc) is 2.79. The summed E-state index contributed by atoms with van der Waals surface area (Å²) in [7, 11) is -4.00. The first-order valence-electron chi connectivity index (χ1n) is 10.5. The van der Waals surface area contributed by atoms with Crippen LogP contribution in [0.25, 0.3) is 0 Å². The largest absolute Gasteiger partial charge is 0.352 e. The molecule has 0 fully saturated rings. The van der Waals surface area contributed by atoms with Crippen molar-refractivity contribution < 1.29 is 17.6 Å². The van der Waals surface area contributed by atoms with E-state index in [1.165, 1.54) is 17.7 Å². The zero-order valence-corrected chi connectivity index (χ0v) is 18.8. The van der Waals surface area contributed by atoms with E-state index < -0.39 is 15.8 Å². The number of carbonyl (C=O) groups is 1. The smallest absolute Gasteiger partial charge is 0.243 e. The molecule has 0 saturated heterocycles. The molecule has 32 heavy (non-hydrogen) atoms. The maximum Gasteiger partial charge on any atom is 0.243 e. The number of sulfonamides is 1. The molecule has 0 unspecified atom stereocenters. The normalized spacial score (nSPS) is 12.5. The fourth-order valence-electron chi connectivity index (χ4n) is 3.35. The van der Waals surface area contributed by atoms with E-state index in [1.54, 1.807) is 12.1 Å². The fourth-order valence-corrected chi connectivity index (χ4v) is 4.73. The van der Waals surface area contributed by atoms with Gasteiger partial charge in [0.05, 0.1) is 11.4 Å². The quantitative estimate of drug-likeness (QED) is 0.500. The highest BCUT2D eigenvalue weighted by atomic mass is 32.2. The monoisotopic (exact) mass is 454 g/mol. The van der Waals surface area contributed by atoms with Crippen molar-refractivity contribution >= 4 is 15.9 Å². The van der Waals surface area contributed by atoms with Crippen molar-refractivity contribution in [3.8, 4) is 0 Å². The van der Waals surface area contributed by atoms with Gasteiger partial charge >= 0.3 is 0 Å². The Labute approximate surface area is 188 Å². The molecule has 0 aliphatic rings. The van der Waals surface area contributed by atoms with Crippen LogP contribution in [0.3, 0.4) is 0 Å². The zero-order valence-electron chi connectivity index (χ0n) is 17.9. The van der Waals surface area contributed by atoms with Crippen LogP contribution in [-0.2, 0) is 27.8 Å². The number of amides is 1. The molecular formula is C25H27FN2O3S. The molecule has 0 aliphatic heterocycles. The Morgan fingerprint density at radius 3 is 2.06 bits per heavy atom. The molecule has 3 aromatic rings. The Kier molecular flexibility index (Phi) is 8.14. The van der Waals surface area contributed by atoms with Crippen LogP contribution < -0.4 is 5.32 Å². The van der Waals surface area contributed by atoms with E-state index >= 15 is 0 Å². The molecule has 0 bridgehead atoms. The minimum absolute atomic E-state index is 0.0341. The fraction of sp³-hybridized carbons (Fsp3) is 0.240. The summed E-state index contributed by atoms with van der Waals surface area (Å²) >= 11 is 0. The molecular weight excluding hydrogens is 427 g/mol. The first-order valence-corrected chi connectivity index (χ1v) is 11.9. The van der Waals surface area contributed by atoms with Crippen molar-refractivity contribution in [2.24, 2.45) is 0 Å². The minimum Gasteiger partial charge on any atom is -0.352 e. The van der Waals surface area contributed by atoms with E-state index in [-0.39, 0.29) is 29.9 Å². The van der Waals surface area contributed by atoms with E-state index in [4.69, 9.17) is 0 Å². The molecule has 1 amide bonds. The molecule has 0 radical (unpaired) electrons. The van der Waals surface area contributed by atoms with Gasteiger partial charge in [0, 0.05) is 12.6 Å². The number of rotatable bonds is 10. The van der Waals surface area contributed by atoms with Gasteiger partial charge < -0.3 is 5.32 Å². The van der Waals surface area contributed by atoms with Crippen molar-refractivity contribution in [1.82, 2.24) is 9.62 Å². The second kappa shape index (κ2) is 11.0. The van der Waals surface area contributed by atoms with Gasteiger partial charge in [-0.1, -0.05) is 60.7 Å². The van der Waals surface area contributed by atoms with Crippen LogP contribution in [0.15, 0.2) is 89.8 Å². The van der Waals surface area contributed by atoms with Crippen molar-refractivity contribution in [2.75, 3.05) is 6.54 Å². The number of nitrogens with zero attached hydrogens (tertiary/aromatic N) is 1. The van der Waals surface area contributed by atoms with Gasteiger partial charge in [-0.05, 0) is 55.2 Å². The number of benzene rings is 3. The second-order valence-corrected chi connectivity index (χ2v) is 9.64. The van der Waals surface area contributed by atoms with E-state index in [0.29, 0.717) is 0 Å². The van der Waals surface area contributed by atoms with Crippen molar-refractivity contribution in [3.63, 3.8) is 0 Å². The zero-order chi connectivity index (χ0) is 23.0. The minimum atomic E-state index is -4.00. The lowest BCUT2D eigenvalue weighted by atomic mass is 10.1. The molecule has 5 nitrogen and oxygen atoms in total. The maximum absolute atomic E-state index is 13.3. The standard InChI is InChI=1S/C25H27FN2O3S/c1-20(12-13-21-8-4-2-5-9-21)27-25(29)19-28(18-22-10-6-3-7-11-22)32(30,31)24-16-14-23(26)15-17-24/h2-11,14-17,20H,12-13,18-19H2,1H3,(H,27,29)/t20-/m1/s1. The van der Waals surface area contributed by atoms with Gasteiger partial charge in [0.2, 0.25) is 15.9 Å². The second-order valence-electron chi connectivity index (χ2n) is 7.71. The Balaban J connectivity index is 1.70. The predicted molar refractivity (Wildman–Crippen MR) is 123 cm³/mol. The summed E-state index contributed by atoms with van der Waals surface area (Å²) < 4.78 is 40.8. The van der Waals surface area contributed by atoms with E-state index in [9.17, 15) is 17.6 Å². The summed E-state index contributed by atoms with van der Waals surface area (Å²) in [5.41, 5.74) is 1.93. The van der Waals surface area contributed by atoms with Crippen molar-refractivity contribution in [2.45, 2.75) is 37.2 Å².